The third-order valence-corrected chi connectivity index (χ3v) is 20.7. The van der Waals surface area contributed by atoms with Crippen LogP contribution < -0.4 is 31.1 Å². The summed E-state index contributed by atoms with van der Waals surface area (Å²) in [6.07, 6.45) is 4.75. The van der Waals surface area contributed by atoms with E-state index in [1.807, 2.05) is 0 Å². The Morgan fingerprint density at radius 3 is 1.56 bits per heavy atom. The van der Waals surface area contributed by atoms with Gasteiger partial charge in [0.15, 0.2) is 0 Å². The largest absolute Gasteiger partial charge is 0.334 e. The van der Waals surface area contributed by atoms with Crippen molar-refractivity contribution in [3.05, 3.63) is 196 Å². The van der Waals surface area contributed by atoms with Gasteiger partial charge in [-0.25, -0.2) is 0 Å². The summed E-state index contributed by atoms with van der Waals surface area (Å²) in [5.74, 6) is 0. The topological polar surface area (TPSA) is 9.72 Å². The van der Waals surface area contributed by atoms with E-state index >= 15 is 0 Å². The van der Waals surface area contributed by atoms with Crippen LogP contribution in [0.3, 0.4) is 0 Å². The first-order valence-electron chi connectivity index (χ1n) is 29.3. The second kappa shape index (κ2) is 16.0. The normalized spacial score (nSPS) is 20.8. The standard InChI is InChI=1S/C74H78BN3/c1-68(2,3)45-31-36-60-57(39-45)73(14)37-20-21-38-74(73,15)78(60)49-43-64-67-65(44-49)77(61-28-22-27-55-66(61)52-24-17-19-26-54(52)71(55,10)11)63-41-47(70(7,8)9)30-35-59(63)75(67)58-34-29-46(69(4,5)6)40-62(58)76(64)48-32-33-51-50-23-16-18-25-53(50)72(12,13)56(51)42-48/h16-19,22-36,39-44H,20-21,37-38H2,1-15H3. The fraction of sp³-hybridized carbons (Fsp3) is 0.351. The lowest BCUT2D eigenvalue weighted by molar-refractivity contribution is 0.195. The molecule has 3 nitrogen and oxygen atoms in total. The minimum absolute atomic E-state index is 0.0176. The maximum absolute atomic E-state index is 2.86. The van der Waals surface area contributed by atoms with E-state index in [4.69, 9.17) is 0 Å². The van der Waals surface area contributed by atoms with Crippen molar-refractivity contribution < 1.29 is 0 Å². The van der Waals surface area contributed by atoms with E-state index in [1.165, 1.54) is 148 Å². The molecule has 4 heteroatoms. The van der Waals surface area contributed by atoms with E-state index in [0.717, 1.165) is 6.42 Å². The van der Waals surface area contributed by atoms with Crippen molar-refractivity contribution in [1.29, 1.82) is 0 Å². The number of rotatable bonds is 3. The van der Waals surface area contributed by atoms with Gasteiger partial charge in [-0.1, -0.05) is 213 Å². The molecular weight excluding hydrogens is 942 g/mol. The molecule has 1 fully saturated rings. The van der Waals surface area contributed by atoms with Crippen molar-refractivity contribution in [2.75, 3.05) is 14.7 Å². The molecular formula is C74H78BN3. The number of anilines is 8. The van der Waals surface area contributed by atoms with Crippen molar-refractivity contribution >= 4 is 68.6 Å². The number of hydrogen-bond donors (Lipinski definition) is 0. The van der Waals surface area contributed by atoms with Crippen molar-refractivity contribution in [2.24, 2.45) is 0 Å². The van der Waals surface area contributed by atoms with Gasteiger partial charge in [0.05, 0.1) is 11.2 Å². The van der Waals surface area contributed by atoms with Gasteiger partial charge in [0.1, 0.15) is 0 Å². The van der Waals surface area contributed by atoms with Crippen LogP contribution in [-0.2, 0) is 32.5 Å². The Hall–Kier alpha value is -6.78. The summed E-state index contributed by atoms with van der Waals surface area (Å²) in [6.45, 7) is 36.3. The fourth-order valence-electron chi connectivity index (χ4n) is 15.9. The first kappa shape index (κ1) is 49.5. The van der Waals surface area contributed by atoms with Crippen LogP contribution in [0.5, 0.6) is 0 Å². The quantitative estimate of drug-likeness (QED) is 0.163. The monoisotopic (exact) mass is 1020 g/mol. The highest BCUT2D eigenvalue weighted by molar-refractivity contribution is 7.00. The molecule has 0 radical (unpaired) electrons. The molecule has 0 bridgehead atoms. The lowest BCUT2D eigenvalue weighted by atomic mass is 9.33. The molecule has 2 atom stereocenters. The molecule has 3 heterocycles. The maximum Gasteiger partial charge on any atom is 0.252 e. The van der Waals surface area contributed by atoms with Crippen molar-refractivity contribution in [2.45, 2.75) is 168 Å². The first-order chi connectivity index (χ1) is 36.8. The van der Waals surface area contributed by atoms with Crippen LogP contribution in [0.1, 0.15) is 174 Å². The van der Waals surface area contributed by atoms with Gasteiger partial charge in [0.2, 0.25) is 0 Å². The van der Waals surface area contributed by atoms with Crippen LogP contribution in [0.2, 0.25) is 0 Å². The van der Waals surface area contributed by atoms with Gasteiger partial charge in [0, 0.05) is 61.6 Å². The molecule has 1 saturated carbocycles. The zero-order valence-electron chi connectivity index (χ0n) is 49.2. The summed E-state index contributed by atoms with van der Waals surface area (Å²) in [6, 6.07) is 60.9. The first-order valence-corrected chi connectivity index (χ1v) is 29.3. The highest BCUT2D eigenvalue weighted by atomic mass is 15.3. The van der Waals surface area contributed by atoms with Crippen LogP contribution in [0, 0.1) is 0 Å². The highest BCUT2D eigenvalue weighted by Gasteiger charge is 2.58. The Kier molecular flexibility index (Phi) is 10.1. The summed E-state index contributed by atoms with van der Waals surface area (Å²) in [7, 11) is 0. The Labute approximate surface area is 466 Å². The Morgan fingerprint density at radius 2 is 0.910 bits per heavy atom. The smallest absolute Gasteiger partial charge is 0.252 e. The summed E-state index contributed by atoms with van der Waals surface area (Å²) in [5.41, 5.74) is 30.2. The van der Waals surface area contributed by atoms with Gasteiger partial charge < -0.3 is 14.7 Å². The molecule has 0 N–H and O–H groups in total. The van der Waals surface area contributed by atoms with E-state index < -0.39 is 0 Å². The van der Waals surface area contributed by atoms with Gasteiger partial charge in [-0.3, -0.25) is 0 Å². The molecule has 3 aliphatic carbocycles. The second-order valence-electron chi connectivity index (χ2n) is 28.9. The van der Waals surface area contributed by atoms with E-state index in [1.54, 1.807) is 0 Å². The molecule has 0 aromatic heterocycles. The third-order valence-electron chi connectivity index (χ3n) is 20.7. The average Bonchev–Trinajstić information content (AvgIpc) is 2.90. The van der Waals surface area contributed by atoms with Gasteiger partial charge in [-0.2, -0.15) is 0 Å². The predicted molar refractivity (Wildman–Crippen MR) is 334 cm³/mol. The third kappa shape index (κ3) is 6.58. The van der Waals surface area contributed by atoms with E-state index in [-0.39, 0.29) is 44.7 Å². The zero-order chi connectivity index (χ0) is 54.6. The molecule has 78 heavy (non-hydrogen) atoms. The number of hydrogen-bond acceptors (Lipinski definition) is 3. The van der Waals surface area contributed by atoms with Crippen molar-refractivity contribution in [1.82, 2.24) is 0 Å². The average molecular weight is 1020 g/mol. The lowest BCUT2D eigenvalue weighted by Crippen LogP contribution is -2.61. The van der Waals surface area contributed by atoms with Crippen LogP contribution in [0.15, 0.2) is 152 Å². The van der Waals surface area contributed by atoms with Gasteiger partial charge >= 0.3 is 0 Å². The number of fused-ring (bicyclic) bond motifs is 13. The Bertz CT molecular complexity index is 3890. The SMILES string of the molecule is CC(C)(C)c1ccc2c(c1)N(c1ccc3c(c1)C(C)(C)c1ccccc1-3)c1cc(N3c4ccc(C(C)(C)C)cc4C4(C)CCCCC34C)cc3c1B2c1ccc(C(C)(C)C)cc1N3c1cccc2c1-c1ccccc1C2(C)C. The molecule has 8 aromatic rings. The minimum Gasteiger partial charge on any atom is -0.334 e. The molecule has 14 rings (SSSR count). The Morgan fingerprint density at radius 1 is 0.385 bits per heavy atom. The molecule has 3 aliphatic heterocycles. The molecule has 6 aliphatic rings. The molecule has 0 amide bonds. The van der Waals surface area contributed by atoms with E-state index in [2.05, 4.69) is 270 Å². The fourth-order valence-corrected chi connectivity index (χ4v) is 15.9. The summed E-state index contributed by atoms with van der Waals surface area (Å²) in [5, 5.41) is 0. The summed E-state index contributed by atoms with van der Waals surface area (Å²) < 4.78 is 0. The van der Waals surface area contributed by atoms with Gasteiger partial charge in [-0.15, -0.1) is 0 Å². The molecule has 8 aromatic carbocycles. The molecule has 2 unspecified atom stereocenters. The van der Waals surface area contributed by atoms with E-state index in [0.29, 0.717) is 0 Å². The van der Waals surface area contributed by atoms with Crippen LogP contribution >= 0.6 is 0 Å². The summed E-state index contributed by atoms with van der Waals surface area (Å²) in [4.78, 5) is 8.32. The maximum atomic E-state index is 2.86. The van der Waals surface area contributed by atoms with Crippen molar-refractivity contribution in [3.8, 4) is 22.3 Å². The molecule has 392 valence electrons. The zero-order valence-corrected chi connectivity index (χ0v) is 49.2. The van der Waals surface area contributed by atoms with E-state index in [9.17, 15) is 0 Å². The lowest BCUT2D eigenvalue weighted by Gasteiger charge is -2.51. The van der Waals surface area contributed by atoms with Crippen LogP contribution in [0.25, 0.3) is 22.3 Å². The van der Waals surface area contributed by atoms with Gasteiger partial charge in [-0.05, 0) is 162 Å². The Balaban J connectivity index is 1.13. The van der Waals surface area contributed by atoms with Crippen LogP contribution in [-0.4, -0.2) is 12.3 Å². The minimum atomic E-state index is -0.168. The summed E-state index contributed by atoms with van der Waals surface area (Å²) >= 11 is 0. The number of benzene rings is 8. The predicted octanol–water partition coefficient (Wildman–Crippen LogP) is 18.0. The van der Waals surface area contributed by atoms with Crippen molar-refractivity contribution in [3.63, 3.8) is 0 Å². The van der Waals surface area contributed by atoms with Gasteiger partial charge in [0.25, 0.3) is 6.71 Å². The highest BCUT2D eigenvalue weighted by Crippen LogP contribution is 2.63. The molecule has 0 saturated heterocycles. The number of nitrogens with zero attached hydrogens (tertiary/aromatic N) is 3. The second-order valence-corrected chi connectivity index (χ2v) is 28.9. The molecule has 0 spiro atoms. The van der Waals surface area contributed by atoms with Crippen LogP contribution in [0.4, 0.5) is 45.5 Å².